The molecule has 0 aromatic heterocycles. The topological polar surface area (TPSA) is 32.5 Å². The molecule has 0 unspecified atom stereocenters. The molecule has 0 saturated carbocycles. The lowest BCUT2D eigenvalue weighted by atomic mass is 10.1. The predicted molar refractivity (Wildman–Crippen MR) is 97.6 cm³/mol. The maximum absolute atomic E-state index is 5.97. The number of nitrogens with zero attached hydrogens (tertiary/aromatic N) is 2. The smallest absolute Gasteiger partial charge is 0.107 e. The first kappa shape index (κ1) is 16.6. The van der Waals surface area contributed by atoms with Gasteiger partial charge in [-0.15, -0.1) is 11.8 Å². The van der Waals surface area contributed by atoms with Gasteiger partial charge in [-0.05, 0) is 24.3 Å². The molecule has 0 radical (unpaired) electrons. The minimum absolute atomic E-state index is 0.500. The molecule has 0 bridgehead atoms. The average Bonchev–Trinajstić information content (AvgIpc) is 2.46. The van der Waals surface area contributed by atoms with E-state index in [-0.39, 0.29) is 0 Å². The summed E-state index contributed by atoms with van der Waals surface area (Å²) in [6.07, 6.45) is 2.07. The molecule has 1 fully saturated rings. The molecule has 2 N–H and O–H groups in total. The van der Waals surface area contributed by atoms with Crippen LogP contribution in [0.3, 0.4) is 0 Å². The third-order valence-corrected chi connectivity index (χ3v) is 4.79. The Balaban J connectivity index is 2.15. The van der Waals surface area contributed by atoms with E-state index in [4.69, 9.17) is 18.0 Å². The monoisotopic (exact) mass is 323 g/mol. The highest BCUT2D eigenvalue weighted by Gasteiger charge is 2.21. The Kier molecular flexibility index (Phi) is 5.90. The molecule has 0 spiro atoms. The molecule has 0 atom stereocenters. The molecule has 1 heterocycles. The van der Waals surface area contributed by atoms with Crippen LogP contribution in [0.2, 0.25) is 0 Å². The van der Waals surface area contributed by atoms with Crippen molar-refractivity contribution in [1.29, 1.82) is 0 Å². The van der Waals surface area contributed by atoms with Crippen LogP contribution in [-0.2, 0) is 0 Å². The lowest BCUT2D eigenvalue weighted by Gasteiger charge is -2.37. The number of thioether (sulfide) groups is 1. The van der Waals surface area contributed by atoms with Gasteiger partial charge in [0.1, 0.15) is 4.99 Å². The quantitative estimate of drug-likeness (QED) is 0.665. The number of anilines is 1. The SMILES string of the molecule is CSc1cccc(N2CCN(CC(C)C)CC2)c1C(N)=S. The standard InChI is InChI=1S/C16H25N3S2/c1-12(2)11-18-7-9-19(10-8-18)13-5-4-6-14(21-3)15(13)16(17)20/h4-6,12H,7-11H2,1-3H3,(H2,17,20). The summed E-state index contributed by atoms with van der Waals surface area (Å²) in [5, 5.41) is 0. The van der Waals surface area contributed by atoms with Gasteiger partial charge in [0, 0.05) is 48.9 Å². The zero-order chi connectivity index (χ0) is 15.4. The van der Waals surface area contributed by atoms with Crippen molar-refractivity contribution in [3.05, 3.63) is 23.8 Å². The second-order valence-electron chi connectivity index (χ2n) is 5.90. The van der Waals surface area contributed by atoms with E-state index < -0.39 is 0 Å². The van der Waals surface area contributed by atoms with Crippen LogP contribution < -0.4 is 10.6 Å². The number of rotatable bonds is 5. The van der Waals surface area contributed by atoms with Crippen LogP contribution in [0.5, 0.6) is 0 Å². The number of nitrogens with two attached hydrogens (primary N) is 1. The van der Waals surface area contributed by atoms with Gasteiger partial charge in [-0.2, -0.15) is 0 Å². The zero-order valence-electron chi connectivity index (χ0n) is 13.1. The molecule has 1 aromatic carbocycles. The fraction of sp³-hybridized carbons (Fsp3) is 0.562. The van der Waals surface area contributed by atoms with Gasteiger partial charge in [0.2, 0.25) is 0 Å². The first-order valence-corrected chi connectivity index (χ1v) is 9.10. The summed E-state index contributed by atoms with van der Waals surface area (Å²) in [6, 6.07) is 6.34. The van der Waals surface area contributed by atoms with E-state index in [1.54, 1.807) is 11.8 Å². The Morgan fingerprint density at radius 1 is 1.29 bits per heavy atom. The van der Waals surface area contributed by atoms with E-state index in [2.05, 4.69) is 48.1 Å². The number of thiocarbonyl (C=S) groups is 1. The highest BCUT2D eigenvalue weighted by atomic mass is 32.2. The van der Waals surface area contributed by atoms with Gasteiger partial charge < -0.3 is 10.6 Å². The van der Waals surface area contributed by atoms with Gasteiger partial charge in [-0.25, -0.2) is 0 Å². The van der Waals surface area contributed by atoms with E-state index in [0.717, 1.165) is 37.7 Å². The zero-order valence-corrected chi connectivity index (χ0v) is 14.8. The third kappa shape index (κ3) is 4.11. The lowest BCUT2D eigenvalue weighted by molar-refractivity contribution is 0.231. The van der Waals surface area contributed by atoms with Crippen molar-refractivity contribution in [3.8, 4) is 0 Å². The summed E-state index contributed by atoms with van der Waals surface area (Å²) < 4.78 is 0. The van der Waals surface area contributed by atoms with Crippen LogP contribution in [0.15, 0.2) is 23.1 Å². The fourth-order valence-corrected chi connectivity index (χ4v) is 3.80. The second-order valence-corrected chi connectivity index (χ2v) is 7.19. The molecule has 21 heavy (non-hydrogen) atoms. The first-order valence-electron chi connectivity index (χ1n) is 7.47. The summed E-state index contributed by atoms with van der Waals surface area (Å²) >= 11 is 6.99. The Labute approximate surface area is 137 Å². The second kappa shape index (κ2) is 7.47. The van der Waals surface area contributed by atoms with Crippen molar-refractivity contribution >= 4 is 34.7 Å². The van der Waals surface area contributed by atoms with E-state index in [0.29, 0.717) is 4.99 Å². The number of hydrogen-bond donors (Lipinski definition) is 1. The van der Waals surface area contributed by atoms with Crippen molar-refractivity contribution in [2.24, 2.45) is 11.7 Å². The molecule has 0 amide bonds. The van der Waals surface area contributed by atoms with Gasteiger partial charge in [-0.3, -0.25) is 4.90 Å². The molecule has 1 aliphatic heterocycles. The molecule has 5 heteroatoms. The molecule has 116 valence electrons. The normalized spacial score (nSPS) is 16.5. The molecular weight excluding hydrogens is 298 g/mol. The first-order chi connectivity index (χ1) is 10.0. The maximum atomic E-state index is 5.97. The highest BCUT2D eigenvalue weighted by molar-refractivity contribution is 7.98. The van der Waals surface area contributed by atoms with Gasteiger partial charge in [-0.1, -0.05) is 32.1 Å². The van der Waals surface area contributed by atoms with Crippen LogP contribution in [0.25, 0.3) is 0 Å². The van der Waals surface area contributed by atoms with Crippen molar-refractivity contribution < 1.29 is 0 Å². The maximum Gasteiger partial charge on any atom is 0.107 e. The molecule has 1 aliphatic rings. The van der Waals surface area contributed by atoms with E-state index in [9.17, 15) is 0 Å². The largest absolute Gasteiger partial charge is 0.389 e. The van der Waals surface area contributed by atoms with Crippen LogP contribution in [0, 0.1) is 5.92 Å². The minimum Gasteiger partial charge on any atom is -0.389 e. The van der Waals surface area contributed by atoms with Crippen molar-refractivity contribution in [1.82, 2.24) is 4.90 Å². The van der Waals surface area contributed by atoms with Crippen molar-refractivity contribution in [2.75, 3.05) is 43.9 Å². The Hall–Kier alpha value is -0.780. The molecule has 1 aromatic rings. The van der Waals surface area contributed by atoms with E-state index >= 15 is 0 Å². The summed E-state index contributed by atoms with van der Waals surface area (Å²) in [5.74, 6) is 0.726. The average molecular weight is 324 g/mol. The number of hydrogen-bond acceptors (Lipinski definition) is 4. The third-order valence-electron chi connectivity index (χ3n) is 3.81. The Bertz CT molecular complexity index is 494. The minimum atomic E-state index is 0.500. The Morgan fingerprint density at radius 2 is 1.95 bits per heavy atom. The summed E-state index contributed by atoms with van der Waals surface area (Å²) in [4.78, 5) is 6.63. The van der Waals surface area contributed by atoms with Gasteiger partial charge in [0.05, 0.1) is 0 Å². The molecule has 3 nitrogen and oxygen atoms in total. The molecular formula is C16H25N3S2. The lowest BCUT2D eigenvalue weighted by Crippen LogP contribution is -2.47. The van der Waals surface area contributed by atoms with Crippen LogP contribution >= 0.6 is 24.0 Å². The summed E-state index contributed by atoms with van der Waals surface area (Å²) in [7, 11) is 0. The van der Waals surface area contributed by atoms with Gasteiger partial charge in [0.15, 0.2) is 0 Å². The summed E-state index contributed by atoms with van der Waals surface area (Å²) in [6.45, 7) is 10.0. The van der Waals surface area contributed by atoms with Crippen molar-refractivity contribution in [3.63, 3.8) is 0 Å². The predicted octanol–water partition coefficient (Wildman–Crippen LogP) is 2.82. The summed E-state index contributed by atoms with van der Waals surface area (Å²) in [5.41, 5.74) is 8.20. The molecule has 0 aliphatic carbocycles. The number of piperazine rings is 1. The van der Waals surface area contributed by atoms with Crippen LogP contribution in [0.1, 0.15) is 19.4 Å². The molecule has 2 rings (SSSR count). The van der Waals surface area contributed by atoms with Gasteiger partial charge in [0.25, 0.3) is 0 Å². The van der Waals surface area contributed by atoms with Crippen LogP contribution in [-0.4, -0.2) is 48.9 Å². The van der Waals surface area contributed by atoms with Gasteiger partial charge >= 0.3 is 0 Å². The fourth-order valence-electron chi connectivity index (χ4n) is 2.89. The van der Waals surface area contributed by atoms with E-state index in [1.807, 2.05) is 0 Å². The van der Waals surface area contributed by atoms with E-state index in [1.165, 1.54) is 17.1 Å². The van der Waals surface area contributed by atoms with Crippen LogP contribution in [0.4, 0.5) is 5.69 Å². The number of benzene rings is 1. The highest BCUT2D eigenvalue weighted by Crippen LogP contribution is 2.30. The molecule has 1 saturated heterocycles. The Morgan fingerprint density at radius 3 is 2.48 bits per heavy atom. The van der Waals surface area contributed by atoms with Crippen molar-refractivity contribution in [2.45, 2.75) is 18.7 Å².